The lowest BCUT2D eigenvalue weighted by atomic mass is 10.0. The lowest BCUT2D eigenvalue weighted by Gasteiger charge is -2.26. The Balaban J connectivity index is 1.41. The van der Waals surface area contributed by atoms with Crippen LogP contribution in [0.15, 0.2) is 42.5 Å². The largest absolute Gasteiger partial charge is 0.471 e. The molecule has 1 unspecified atom stereocenters. The molecule has 2 atom stereocenters. The van der Waals surface area contributed by atoms with Crippen molar-refractivity contribution in [1.82, 2.24) is 15.5 Å². The number of alkyl halides is 3. The molecule has 2 heterocycles. The van der Waals surface area contributed by atoms with E-state index in [1.165, 1.54) is 23.1 Å². The number of benzene rings is 2. The third-order valence-electron chi connectivity index (χ3n) is 6.12. The van der Waals surface area contributed by atoms with Crippen LogP contribution in [-0.4, -0.2) is 41.4 Å². The standard InChI is InChI=1S/C24H23ClF3N3O4/c25-17-8-7-14(11-30-23(34)24(26,27)28)16(10-17)12-29-21(32)19-6-3-9-31(19)22(33)20-18-5-2-1-4-15(18)13-35-20/h1-2,4-5,7-8,10,19-20H,3,6,9,11-13H2,(H,29,32)(H,30,34)/t19-,20?/m0/s1. The molecule has 0 aromatic heterocycles. The minimum Gasteiger partial charge on any atom is -0.359 e. The molecule has 2 aliphatic heterocycles. The van der Waals surface area contributed by atoms with Crippen LogP contribution in [0.3, 0.4) is 0 Å². The summed E-state index contributed by atoms with van der Waals surface area (Å²) in [5.41, 5.74) is 2.57. The molecule has 186 valence electrons. The minimum absolute atomic E-state index is 0.0299. The molecule has 7 nitrogen and oxygen atoms in total. The summed E-state index contributed by atoms with van der Waals surface area (Å²) in [6, 6.07) is 11.2. The van der Waals surface area contributed by atoms with E-state index in [-0.39, 0.29) is 24.9 Å². The number of likely N-dealkylation sites (tertiary alicyclic amines) is 1. The van der Waals surface area contributed by atoms with Gasteiger partial charge in [0.25, 0.3) is 5.91 Å². The number of amides is 3. The molecule has 2 N–H and O–H groups in total. The van der Waals surface area contributed by atoms with Crippen molar-refractivity contribution < 1.29 is 32.3 Å². The van der Waals surface area contributed by atoms with E-state index in [4.69, 9.17) is 16.3 Å². The molecule has 0 aliphatic carbocycles. The summed E-state index contributed by atoms with van der Waals surface area (Å²) in [5, 5.41) is 4.90. The molecule has 4 rings (SSSR count). The second-order valence-corrected chi connectivity index (χ2v) is 8.83. The number of carbonyl (C=O) groups excluding carboxylic acids is 3. The number of nitrogens with one attached hydrogen (secondary N) is 2. The summed E-state index contributed by atoms with van der Waals surface area (Å²) in [7, 11) is 0. The highest BCUT2D eigenvalue weighted by Gasteiger charge is 2.40. The average molecular weight is 510 g/mol. The fourth-order valence-corrected chi connectivity index (χ4v) is 4.54. The normalized spacial score (nSPS) is 19.4. The highest BCUT2D eigenvalue weighted by atomic mass is 35.5. The number of halogens is 4. The molecule has 1 fully saturated rings. The van der Waals surface area contributed by atoms with Gasteiger partial charge in [-0.1, -0.05) is 41.9 Å². The van der Waals surface area contributed by atoms with Crippen molar-refractivity contribution in [3.63, 3.8) is 0 Å². The summed E-state index contributed by atoms with van der Waals surface area (Å²) >= 11 is 6.03. The van der Waals surface area contributed by atoms with Crippen LogP contribution in [0.5, 0.6) is 0 Å². The zero-order chi connectivity index (χ0) is 25.2. The molecule has 2 aromatic carbocycles. The van der Waals surface area contributed by atoms with Crippen LogP contribution in [0.2, 0.25) is 5.02 Å². The van der Waals surface area contributed by atoms with Gasteiger partial charge < -0.3 is 20.3 Å². The maximum absolute atomic E-state index is 13.2. The van der Waals surface area contributed by atoms with E-state index in [2.05, 4.69) is 5.32 Å². The van der Waals surface area contributed by atoms with Crippen molar-refractivity contribution in [3.05, 3.63) is 69.7 Å². The molecule has 1 saturated heterocycles. The Labute approximate surface area is 204 Å². The van der Waals surface area contributed by atoms with Gasteiger partial charge in [0.1, 0.15) is 6.04 Å². The molecule has 35 heavy (non-hydrogen) atoms. The van der Waals surface area contributed by atoms with Crippen LogP contribution in [0.4, 0.5) is 13.2 Å². The lowest BCUT2D eigenvalue weighted by molar-refractivity contribution is -0.173. The van der Waals surface area contributed by atoms with E-state index in [1.54, 1.807) is 0 Å². The predicted octanol–water partition coefficient (Wildman–Crippen LogP) is 3.40. The Morgan fingerprint density at radius 1 is 1.06 bits per heavy atom. The number of hydrogen-bond donors (Lipinski definition) is 2. The fraction of sp³-hybridized carbons (Fsp3) is 0.375. The smallest absolute Gasteiger partial charge is 0.359 e. The van der Waals surface area contributed by atoms with Crippen molar-refractivity contribution >= 4 is 29.3 Å². The summed E-state index contributed by atoms with van der Waals surface area (Å²) in [6.45, 7) is 0.343. The van der Waals surface area contributed by atoms with Gasteiger partial charge in [0.05, 0.1) is 6.61 Å². The van der Waals surface area contributed by atoms with Gasteiger partial charge in [0.15, 0.2) is 6.10 Å². The van der Waals surface area contributed by atoms with Crippen molar-refractivity contribution in [2.45, 2.75) is 50.9 Å². The first-order chi connectivity index (χ1) is 16.6. The molecule has 0 radical (unpaired) electrons. The quantitative estimate of drug-likeness (QED) is 0.625. The SMILES string of the molecule is O=C(NCc1cc(Cl)ccc1CNC(=O)C(F)(F)F)[C@@H]1CCCN1C(=O)C1OCc2ccccc21. The van der Waals surface area contributed by atoms with Gasteiger partial charge in [0.2, 0.25) is 5.91 Å². The summed E-state index contributed by atoms with van der Waals surface area (Å²) in [5.74, 6) is -2.71. The summed E-state index contributed by atoms with van der Waals surface area (Å²) in [6.07, 6.45) is -4.61. The topological polar surface area (TPSA) is 87.7 Å². The van der Waals surface area contributed by atoms with Crippen LogP contribution in [-0.2, 0) is 38.8 Å². The van der Waals surface area contributed by atoms with E-state index in [1.807, 2.05) is 29.6 Å². The summed E-state index contributed by atoms with van der Waals surface area (Å²) in [4.78, 5) is 38.9. The second-order valence-electron chi connectivity index (χ2n) is 8.39. The fourth-order valence-electron chi connectivity index (χ4n) is 4.35. The van der Waals surface area contributed by atoms with Crippen LogP contribution in [0, 0.1) is 0 Å². The third-order valence-corrected chi connectivity index (χ3v) is 6.36. The van der Waals surface area contributed by atoms with Crippen LogP contribution in [0.1, 0.15) is 41.2 Å². The number of rotatable bonds is 6. The number of ether oxygens (including phenoxy) is 1. The van der Waals surface area contributed by atoms with Crippen LogP contribution in [0.25, 0.3) is 0 Å². The Bertz CT molecular complexity index is 1140. The van der Waals surface area contributed by atoms with Gasteiger partial charge in [-0.15, -0.1) is 0 Å². The molecular weight excluding hydrogens is 487 g/mol. The molecule has 2 aliphatic rings. The van der Waals surface area contributed by atoms with Gasteiger partial charge >= 0.3 is 12.1 Å². The predicted molar refractivity (Wildman–Crippen MR) is 120 cm³/mol. The molecule has 0 spiro atoms. The first-order valence-electron chi connectivity index (χ1n) is 11.0. The zero-order valence-corrected chi connectivity index (χ0v) is 19.3. The van der Waals surface area contributed by atoms with Crippen molar-refractivity contribution in [3.8, 4) is 0 Å². The number of carbonyl (C=O) groups is 3. The third kappa shape index (κ3) is 5.59. The van der Waals surface area contributed by atoms with Gasteiger partial charge in [-0.2, -0.15) is 13.2 Å². The maximum atomic E-state index is 13.2. The Morgan fingerprint density at radius 2 is 1.80 bits per heavy atom. The Kier molecular flexibility index (Phi) is 7.32. The van der Waals surface area contributed by atoms with Crippen molar-refractivity contribution in [1.29, 1.82) is 0 Å². The van der Waals surface area contributed by atoms with Crippen molar-refractivity contribution in [2.24, 2.45) is 0 Å². The highest BCUT2D eigenvalue weighted by molar-refractivity contribution is 6.30. The van der Waals surface area contributed by atoms with E-state index in [9.17, 15) is 27.6 Å². The monoisotopic (exact) mass is 509 g/mol. The zero-order valence-electron chi connectivity index (χ0n) is 18.5. The van der Waals surface area contributed by atoms with Crippen LogP contribution < -0.4 is 10.6 Å². The maximum Gasteiger partial charge on any atom is 0.471 e. The number of hydrogen-bond acceptors (Lipinski definition) is 4. The van der Waals surface area contributed by atoms with Gasteiger partial charge in [0, 0.05) is 24.7 Å². The molecule has 0 bridgehead atoms. The molecule has 11 heteroatoms. The first kappa shape index (κ1) is 25.0. The minimum atomic E-state index is -5.00. The van der Waals surface area contributed by atoms with E-state index < -0.39 is 24.2 Å². The van der Waals surface area contributed by atoms with E-state index >= 15 is 0 Å². The van der Waals surface area contributed by atoms with Crippen LogP contribution >= 0.6 is 11.6 Å². The number of fused-ring (bicyclic) bond motifs is 1. The molecule has 2 aromatic rings. The van der Waals surface area contributed by atoms with Gasteiger partial charge in [-0.3, -0.25) is 14.4 Å². The Morgan fingerprint density at radius 3 is 2.57 bits per heavy atom. The summed E-state index contributed by atoms with van der Waals surface area (Å²) < 4.78 is 43.2. The van der Waals surface area contributed by atoms with E-state index in [0.29, 0.717) is 42.1 Å². The van der Waals surface area contributed by atoms with Crippen molar-refractivity contribution in [2.75, 3.05) is 6.54 Å². The first-order valence-corrected chi connectivity index (χ1v) is 11.4. The van der Waals surface area contributed by atoms with E-state index in [0.717, 1.165) is 11.1 Å². The second kappa shape index (κ2) is 10.2. The van der Waals surface area contributed by atoms with Gasteiger partial charge in [-0.05, 0) is 47.2 Å². The Hall–Kier alpha value is -3.11. The lowest BCUT2D eigenvalue weighted by Crippen LogP contribution is -2.47. The molecule has 3 amide bonds. The van der Waals surface area contributed by atoms with Gasteiger partial charge in [-0.25, -0.2) is 0 Å². The average Bonchev–Trinajstić information content (AvgIpc) is 3.48. The number of nitrogens with zero attached hydrogens (tertiary/aromatic N) is 1. The molecule has 0 saturated carbocycles. The highest BCUT2D eigenvalue weighted by Crippen LogP contribution is 2.34. The molecular formula is C24H23ClF3N3O4.